The average molecular weight is 362 g/mol. The summed E-state index contributed by atoms with van der Waals surface area (Å²) in [5.41, 5.74) is 2.18. The summed E-state index contributed by atoms with van der Waals surface area (Å²) >= 11 is 0. The summed E-state index contributed by atoms with van der Waals surface area (Å²) in [4.78, 5) is 0.305. The Labute approximate surface area is 150 Å². The van der Waals surface area contributed by atoms with E-state index in [0.717, 1.165) is 16.9 Å². The number of nitrogens with zero attached hydrogens (tertiary/aromatic N) is 1. The predicted octanol–water partition coefficient (Wildman–Crippen LogP) is 3.01. The van der Waals surface area contributed by atoms with E-state index >= 15 is 0 Å². The molecule has 0 saturated heterocycles. The Kier molecular flexibility index (Phi) is 6.58. The fraction of sp³-hybridized carbons (Fsp3) is 0.368. The molecule has 25 heavy (non-hydrogen) atoms. The number of nitrogens with one attached hydrogen (secondary N) is 1. The van der Waals surface area contributed by atoms with E-state index in [0.29, 0.717) is 18.0 Å². The maximum absolute atomic E-state index is 12.0. The van der Waals surface area contributed by atoms with Gasteiger partial charge < -0.3 is 10.1 Å². The summed E-state index contributed by atoms with van der Waals surface area (Å²) < 4.78 is 31.0. The van der Waals surface area contributed by atoms with E-state index in [4.69, 9.17) is 4.74 Å². The molecule has 0 radical (unpaired) electrons. The van der Waals surface area contributed by atoms with Crippen LogP contribution >= 0.6 is 0 Å². The Hall–Kier alpha value is -1.89. The van der Waals surface area contributed by atoms with Crippen molar-refractivity contribution in [1.82, 2.24) is 9.62 Å². The number of sulfonamides is 1. The largest absolute Gasteiger partial charge is 0.491 e. The second-order valence-corrected chi connectivity index (χ2v) is 8.50. The topological polar surface area (TPSA) is 58.6 Å². The summed E-state index contributed by atoms with van der Waals surface area (Å²) in [6, 6.07) is 15.0. The smallest absolute Gasteiger partial charge is 0.242 e. The minimum absolute atomic E-state index is 0.153. The van der Waals surface area contributed by atoms with Crippen LogP contribution in [-0.4, -0.2) is 32.9 Å². The SMILES string of the molecule is CC(C)Oc1cccc(CNCc2ccc(S(=O)(=O)N(C)C)cc2)c1. The molecular formula is C19H26N2O3S. The van der Waals surface area contributed by atoms with E-state index in [1.165, 1.54) is 18.4 Å². The number of hydrogen-bond acceptors (Lipinski definition) is 4. The van der Waals surface area contributed by atoms with Gasteiger partial charge in [0.05, 0.1) is 11.0 Å². The maximum Gasteiger partial charge on any atom is 0.242 e. The van der Waals surface area contributed by atoms with E-state index in [1.807, 2.05) is 50.2 Å². The summed E-state index contributed by atoms with van der Waals surface area (Å²) in [5.74, 6) is 0.868. The van der Waals surface area contributed by atoms with Crippen molar-refractivity contribution < 1.29 is 13.2 Å². The van der Waals surface area contributed by atoms with Crippen molar-refractivity contribution in [3.63, 3.8) is 0 Å². The molecular weight excluding hydrogens is 336 g/mol. The molecule has 0 aliphatic carbocycles. The third-order valence-corrected chi connectivity index (χ3v) is 5.46. The lowest BCUT2D eigenvalue weighted by molar-refractivity contribution is 0.242. The molecule has 0 heterocycles. The molecule has 0 aliphatic heterocycles. The molecule has 0 unspecified atom stereocenters. The van der Waals surface area contributed by atoms with Crippen molar-refractivity contribution in [2.45, 2.75) is 37.9 Å². The lowest BCUT2D eigenvalue weighted by Gasteiger charge is -2.12. The summed E-state index contributed by atoms with van der Waals surface area (Å²) in [5, 5.41) is 3.36. The molecule has 0 aromatic heterocycles. The van der Waals surface area contributed by atoms with Crippen molar-refractivity contribution in [3.05, 3.63) is 59.7 Å². The Balaban J connectivity index is 1.92. The molecule has 1 N–H and O–H groups in total. The number of ether oxygens (including phenoxy) is 1. The molecule has 0 atom stereocenters. The zero-order valence-electron chi connectivity index (χ0n) is 15.2. The van der Waals surface area contributed by atoms with Crippen molar-refractivity contribution in [3.8, 4) is 5.75 Å². The lowest BCUT2D eigenvalue weighted by atomic mass is 10.2. The lowest BCUT2D eigenvalue weighted by Crippen LogP contribution is -2.22. The normalized spacial score (nSPS) is 11.9. The Morgan fingerprint density at radius 2 is 1.64 bits per heavy atom. The highest BCUT2D eigenvalue weighted by atomic mass is 32.2. The van der Waals surface area contributed by atoms with Gasteiger partial charge in [-0.3, -0.25) is 0 Å². The molecule has 0 saturated carbocycles. The first-order valence-corrected chi connectivity index (χ1v) is 9.71. The van der Waals surface area contributed by atoms with Gasteiger partial charge in [0, 0.05) is 27.2 Å². The first-order valence-electron chi connectivity index (χ1n) is 8.27. The van der Waals surface area contributed by atoms with E-state index in [9.17, 15) is 8.42 Å². The van der Waals surface area contributed by atoms with Gasteiger partial charge in [0.15, 0.2) is 0 Å². The molecule has 2 rings (SSSR count). The Bertz CT molecular complexity index is 785. The highest BCUT2D eigenvalue weighted by molar-refractivity contribution is 7.89. The van der Waals surface area contributed by atoms with Crippen LogP contribution in [-0.2, 0) is 23.1 Å². The van der Waals surface area contributed by atoms with E-state index in [1.54, 1.807) is 12.1 Å². The van der Waals surface area contributed by atoms with Gasteiger partial charge in [0.2, 0.25) is 10.0 Å². The van der Waals surface area contributed by atoms with Crippen LogP contribution in [0.25, 0.3) is 0 Å². The van der Waals surface area contributed by atoms with Gasteiger partial charge in [-0.1, -0.05) is 24.3 Å². The van der Waals surface area contributed by atoms with Crippen molar-refractivity contribution in [2.75, 3.05) is 14.1 Å². The molecule has 0 amide bonds. The summed E-state index contributed by atoms with van der Waals surface area (Å²) in [6.07, 6.45) is 0.153. The second kappa shape index (κ2) is 8.47. The standard InChI is InChI=1S/C19H26N2O3S/c1-15(2)24-18-7-5-6-17(12-18)14-20-13-16-8-10-19(11-9-16)25(22,23)21(3)4/h5-12,15,20H,13-14H2,1-4H3. The molecule has 0 bridgehead atoms. The highest BCUT2D eigenvalue weighted by Gasteiger charge is 2.16. The third-order valence-electron chi connectivity index (χ3n) is 3.63. The average Bonchev–Trinajstić information content (AvgIpc) is 2.55. The summed E-state index contributed by atoms with van der Waals surface area (Å²) in [6.45, 7) is 5.39. The number of hydrogen-bond donors (Lipinski definition) is 1. The number of benzene rings is 2. The molecule has 6 heteroatoms. The maximum atomic E-state index is 12.0. The van der Waals surface area contributed by atoms with Crippen molar-refractivity contribution >= 4 is 10.0 Å². The van der Waals surface area contributed by atoms with Gasteiger partial charge >= 0.3 is 0 Å². The van der Waals surface area contributed by atoms with Gasteiger partial charge in [-0.05, 0) is 49.2 Å². The zero-order chi connectivity index (χ0) is 18.4. The van der Waals surface area contributed by atoms with Crippen LogP contribution in [0.4, 0.5) is 0 Å². The van der Waals surface area contributed by atoms with E-state index in [-0.39, 0.29) is 6.10 Å². The second-order valence-electron chi connectivity index (χ2n) is 6.35. The van der Waals surface area contributed by atoms with Crippen molar-refractivity contribution in [1.29, 1.82) is 0 Å². The minimum Gasteiger partial charge on any atom is -0.491 e. The van der Waals surface area contributed by atoms with Crippen LogP contribution in [0.3, 0.4) is 0 Å². The van der Waals surface area contributed by atoms with Crippen molar-refractivity contribution in [2.24, 2.45) is 0 Å². The van der Waals surface area contributed by atoms with Gasteiger partial charge in [0.25, 0.3) is 0 Å². The van der Waals surface area contributed by atoms with Gasteiger partial charge in [-0.15, -0.1) is 0 Å². The van der Waals surface area contributed by atoms with Crippen LogP contribution in [0.1, 0.15) is 25.0 Å². The molecule has 2 aromatic carbocycles. The minimum atomic E-state index is -3.37. The monoisotopic (exact) mass is 362 g/mol. The Morgan fingerprint density at radius 1 is 1.00 bits per heavy atom. The fourth-order valence-corrected chi connectivity index (χ4v) is 3.24. The van der Waals surface area contributed by atoms with Gasteiger partial charge in [-0.25, -0.2) is 12.7 Å². The highest BCUT2D eigenvalue weighted by Crippen LogP contribution is 2.16. The van der Waals surface area contributed by atoms with Crippen LogP contribution in [0.5, 0.6) is 5.75 Å². The van der Waals surface area contributed by atoms with Crippen LogP contribution in [0.2, 0.25) is 0 Å². The molecule has 136 valence electrons. The van der Waals surface area contributed by atoms with Crippen LogP contribution in [0, 0.1) is 0 Å². The van der Waals surface area contributed by atoms with Crippen LogP contribution < -0.4 is 10.1 Å². The quantitative estimate of drug-likeness (QED) is 0.784. The first-order chi connectivity index (χ1) is 11.8. The Morgan fingerprint density at radius 3 is 2.24 bits per heavy atom. The fourth-order valence-electron chi connectivity index (χ4n) is 2.34. The van der Waals surface area contributed by atoms with Gasteiger partial charge in [-0.2, -0.15) is 0 Å². The molecule has 0 spiro atoms. The summed E-state index contributed by atoms with van der Waals surface area (Å²) in [7, 11) is -0.314. The predicted molar refractivity (Wildman–Crippen MR) is 100 cm³/mol. The zero-order valence-corrected chi connectivity index (χ0v) is 16.0. The molecule has 2 aromatic rings. The van der Waals surface area contributed by atoms with Gasteiger partial charge in [0.1, 0.15) is 5.75 Å². The number of rotatable bonds is 8. The van der Waals surface area contributed by atoms with E-state index < -0.39 is 10.0 Å². The molecule has 5 nitrogen and oxygen atoms in total. The van der Waals surface area contributed by atoms with Crippen LogP contribution in [0.15, 0.2) is 53.4 Å². The van der Waals surface area contributed by atoms with E-state index in [2.05, 4.69) is 5.32 Å². The molecule has 0 fully saturated rings. The molecule has 0 aliphatic rings. The first kappa shape index (κ1) is 19.4. The third kappa shape index (κ3) is 5.56.